The number of aliphatic carboxylic acids is 1. The van der Waals surface area contributed by atoms with Crippen LogP contribution in [0, 0.1) is 6.92 Å². The number of carbonyl (C=O) groups excluding carboxylic acids is 1. The van der Waals surface area contributed by atoms with Crippen LogP contribution in [-0.4, -0.2) is 27.2 Å². The topological polar surface area (TPSA) is 59.3 Å². The summed E-state index contributed by atoms with van der Waals surface area (Å²) in [5, 5.41) is 8.78. The molecule has 0 spiro atoms. The van der Waals surface area contributed by atoms with Gasteiger partial charge < -0.3 is 9.67 Å². The number of hydrogen-bond donors (Lipinski definition) is 1. The van der Waals surface area contributed by atoms with Gasteiger partial charge in [-0.15, -0.1) is 11.8 Å². The molecule has 0 atom stereocenters. The van der Waals surface area contributed by atoms with E-state index in [0.717, 1.165) is 16.0 Å². The summed E-state index contributed by atoms with van der Waals surface area (Å²) < 4.78 is 1.96. The minimum atomic E-state index is -0.824. The van der Waals surface area contributed by atoms with Gasteiger partial charge in [-0.2, -0.15) is 0 Å². The van der Waals surface area contributed by atoms with Crippen LogP contribution in [0.5, 0.6) is 0 Å². The maximum atomic E-state index is 12.5. The van der Waals surface area contributed by atoms with E-state index in [9.17, 15) is 9.59 Å². The van der Waals surface area contributed by atoms with Crippen molar-refractivity contribution in [1.82, 2.24) is 4.57 Å². The standard InChI is InChI=1S/C23H21NO3S/c1-17-7-9-19(10-8-17)23(27)20-11-13-24(15-20)12-3-5-18-4-2-6-21(14-18)28-16-22(25)26/h2-11,13-15H,12,16H2,1H3,(H,25,26). The van der Waals surface area contributed by atoms with Crippen LogP contribution in [0.15, 0.2) is 78.0 Å². The van der Waals surface area contributed by atoms with Gasteiger partial charge in [-0.25, -0.2) is 0 Å². The number of ketones is 1. The van der Waals surface area contributed by atoms with Crippen LogP contribution in [0.3, 0.4) is 0 Å². The summed E-state index contributed by atoms with van der Waals surface area (Å²) in [7, 11) is 0. The van der Waals surface area contributed by atoms with Crippen LogP contribution in [0.25, 0.3) is 6.08 Å². The number of carboxylic acids is 1. The minimum absolute atomic E-state index is 0.0193. The fourth-order valence-corrected chi connectivity index (χ4v) is 3.41. The number of benzene rings is 2. The Balaban J connectivity index is 1.61. The van der Waals surface area contributed by atoms with Crippen LogP contribution < -0.4 is 0 Å². The Kier molecular flexibility index (Phi) is 6.50. The molecule has 0 fully saturated rings. The van der Waals surface area contributed by atoms with Crippen molar-refractivity contribution in [3.8, 4) is 0 Å². The smallest absolute Gasteiger partial charge is 0.313 e. The highest BCUT2D eigenvalue weighted by atomic mass is 32.2. The molecule has 0 bridgehead atoms. The SMILES string of the molecule is Cc1ccc(C(=O)c2ccn(CC=Cc3cccc(SCC(=O)O)c3)c2)cc1. The Bertz CT molecular complexity index is 1000. The van der Waals surface area contributed by atoms with Crippen molar-refractivity contribution >= 4 is 29.6 Å². The second kappa shape index (κ2) is 9.24. The van der Waals surface area contributed by atoms with Gasteiger partial charge in [0, 0.05) is 35.0 Å². The van der Waals surface area contributed by atoms with E-state index < -0.39 is 5.97 Å². The average Bonchev–Trinajstić information content (AvgIpc) is 3.16. The molecule has 1 aromatic heterocycles. The number of hydrogen-bond acceptors (Lipinski definition) is 3. The molecule has 0 saturated carbocycles. The molecule has 5 heteroatoms. The van der Waals surface area contributed by atoms with E-state index >= 15 is 0 Å². The summed E-state index contributed by atoms with van der Waals surface area (Å²) in [6.45, 7) is 2.64. The van der Waals surface area contributed by atoms with E-state index in [4.69, 9.17) is 5.11 Å². The van der Waals surface area contributed by atoms with Crippen molar-refractivity contribution in [1.29, 1.82) is 0 Å². The molecule has 0 saturated heterocycles. The second-order valence-electron chi connectivity index (χ2n) is 6.45. The summed E-state index contributed by atoms with van der Waals surface area (Å²) in [4.78, 5) is 24.1. The predicted molar refractivity (Wildman–Crippen MR) is 113 cm³/mol. The summed E-state index contributed by atoms with van der Waals surface area (Å²) in [6, 6.07) is 17.2. The highest BCUT2D eigenvalue weighted by Crippen LogP contribution is 2.19. The fourth-order valence-electron chi connectivity index (χ4n) is 2.72. The van der Waals surface area contributed by atoms with Crippen molar-refractivity contribution in [3.63, 3.8) is 0 Å². The molecule has 2 aromatic carbocycles. The van der Waals surface area contributed by atoms with Gasteiger partial charge in [-0.1, -0.05) is 54.1 Å². The molecule has 0 aliphatic heterocycles. The maximum absolute atomic E-state index is 12.5. The third-order valence-electron chi connectivity index (χ3n) is 4.17. The Morgan fingerprint density at radius 1 is 1.07 bits per heavy atom. The van der Waals surface area contributed by atoms with Gasteiger partial charge >= 0.3 is 5.97 Å². The Morgan fingerprint density at radius 3 is 2.61 bits per heavy atom. The number of aryl methyl sites for hydroxylation is 1. The summed E-state index contributed by atoms with van der Waals surface area (Å²) in [6.07, 6.45) is 7.75. The predicted octanol–water partition coefficient (Wildman–Crippen LogP) is 4.92. The highest BCUT2D eigenvalue weighted by molar-refractivity contribution is 8.00. The maximum Gasteiger partial charge on any atom is 0.313 e. The summed E-state index contributed by atoms with van der Waals surface area (Å²) in [5.74, 6) is -0.755. The van der Waals surface area contributed by atoms with E-state index in [2.05, 4.69) is 0 Å². The number of thioether (sulfide) groups is 1. The second-order valence-corrected chi connectivity index (χ2v) is 7.50. The first-order valence-corrected chi connectivity index (χ1v) is 9.88. The number of aromatic nitrogens is 1. The van der Waals surface area contributed by atoms with E-state index in [1.54, 1.807) is 0 Å². The molecular weight excluding hydrogens is 370 g/mol. The molecule has 3 rings (SSSR count). The zero-order valence-electron chi connectivity index (χ0n) is 15.5. The number of carbonyl (C=O) groups is 2. The lowest BCUT2D eigenvalue weighted by Gasteiger charge is -2.01. The Hall–Kier alpha value is -3.05. The van der Waals surface area contributed by atoms with Crippen LogP contribution in [0.4, 0.5) is 0 Å². The summed E-state index contributed by atoms with van der Waals surface area (Å²) in [5.41, 5.74) is 3.50. The third-order valence-corrected chi connectivity index (χ3v) is 5.15. The normalized spacial score (nSPS) is 11.0. The molecule has 0 radical (unpaired) electrons. The van der Waals surface area contributed by atoms with Gasteiger partial charge in [0.1, 0.15) is 0 Å². The van der Waals surface area contributed by atoms with Crippen LogP contribution in [0.1, 0.15) is 27.0 Å². The zero-order valence-corrected chi connectivity index (χ0v) is 16.4. The number of nitrogens with zero attached hydrogens (tertiary/aromatic N) is 1. The monoisotopic (exact) mass is 391 g/mol. The Labute approximate surface area is 168 Å². The third kappa shape index (κ3) is 5.47. The molecule has 4 nitrogen and oxygen atoms in total. The first kappa shape index (κ1) is 19.7. The van der Waals surface area contributed by atoms with Crippen LogP contribution >= 0.6 is 11.8 Å². The molecule has 1 heterocycles. The fraction of sp³-hybridized carbons (Fsp3) is 0.130. The lowest BCUT2D eigenvalue weighted by molar-refractivity contribution is -0.133. The van der Waals surface area contributed by atoms with E-state index in [0.29, 0.717) is 17.7 Å². The minimum Gasteiger partial charge on any atom is -0.481 e. The number of carboxylic acid groups (broad SMARTS) is 1. The van der Waals surface area contributed by atoms with Gasteiger partial charge in [0.05, 0.1) is 5.75 Å². The molecule has 1 N–H and O–H groups in total. The zero-order chi connectivity index (χ0) is 19.9. The van der Waals surface area contributed by atoms with Gasteiger partial charge in [0.2, 0.25) is 0 Å². The molecule has 0 unspecified atom stereocenters. The molecule has 142 valence electrons. The van der Waals surface area contributed by atoms with Gasteiger partial charge in [-0.3, -0.25) is 9.59 Å². The summed E-state index contributed by atoms with van der Waals surface area (Å²) >= 11 is 1.30. The molecular formula is C23H21NO3S. The van der Waals surface area contributed by atoms with Crippen LogP contribution in [0.2, 0.25) is 0 Å². The largest absolute Gasteiger partial charge is 0.481 e. The number of allylic oxidation sites excluding steroid dienone is 1. The van der Waals surface area contributed by atoms with E-state index in [1.165, 1.54) is 11.8 Å². The van der Waals surface area contributed by atoms with Gasteiger partial charge in [0.25, 0.3) is 0 Å². The van der Waals surface area contributed by atoms with Crippen molar-refractivity contribution in [3.05, 3.63) is 95.3 Å². The molecule has 0 amide bonds. The number of rotatable bonds is 8. The quantitative estimate of drug-likeness (QED) is 0.437. The molecule has 3 aromatic rings. The van der Waals surface area contributed by atoms with Crippen molar-refractivity contribution in [2.45, 2.75) is 18.4 Å². The van der Waals surface area contributed by atoms with E-state index in [1.807, 2.05) is 90.6 Å². The lowest BCUT2D eigenvalue weighted by Crippen LogP contribution is -2.00. The first-order valence-electron chi connectivity index (χ1n) is 8.89. The lowest BCUT2D eigenvalue weighted by atomic mass is 10.0. The van der Waals surface area contributed by atoms with Crippen molar-refractivity contribution in [2.75, 3.05) is 5.75 Å². The van der Waals surface area contributed by atoms with Crippen molar-refractivity contribution in [2.24, 2.45) is 0 Å². The van der Waals surface area contributed by atoms with Crippen LogP contribution in [-0.2, 0) is 11.3 Å². The molecule has 28 heavy (non-hydrogen) atoms. The Morgan fingerprint density at radius 2 is 1.86 bits per heavy atom. The van der Waals surface area contributed by atoms with E-state index in [-0.39, 0.29) is 11.5 Å². The first-order chi connectivity index (χ1) is 13.5. The van der Waals surface area contributed by atoms with Crippen molar-refractivity contribution < 1.29 is 14.7 Å². The van der Waals surface area contributed by atoms with Gasteiger partial charge in [0.15, 0.2) is 5.78 Å². The highest BCUT2D eigenvalue weighted by Gasteiger charge is 2.09. The molecule has 0 aliphatic rings. The molecule has 0 aliphatic carbocycles. The van der Waals surface area contributed by atoms with Gasteiger partial charge in [-0.05, 0) is 30.7 Å². The average molecular weight is 391 g/mol.